The molecule has 1 N–H and O–H groups in total. The molecule has 2 heterocycles. The first-order valence-corrected chi connectivity index (χ1v) is 8.61. The summed E-state index contributed by atoms with van der Waals surface area (Å²) in [6.07, 6.45) is 0.869. The summed E-state index contributed by atoms with van der Waals surface area (Å²) in [5.74, 6) is 0.310. The van der Waals surface area contributed by atoms with Crippen LogP contribution >= 0.6 is 11.3 Å². The van der Waals surface area contributed by atoms with Crippen molar-refractivity contribution in [1.29, 1.82) is 0 Å². The first-order valence-electron chi connectivity index (χ1n) is 6.29. The first kappa shape index (κ1) is 14.0. The van der Waals surface area contributed by atoms with E-state index in [4.69, 9.17) is 0 Å². The van der Waals surface area contributed by atoms with Crippen LogP contribution in [0.5, 0.6) is 0 Å². The van der Waals surface area contributed by atoms with Crippen LogP contribution in [0.15, 0.2) is 21.7 Å². The van der Waals surface area contributed by atoms with Gasteiger partial charge in [-0.3, -0.25) is 0 Å². The van der Waals surface area contributed by atoms with Crippen LogP contribution in [0.2, 0.25) is 0 Å². The number of hydrogen-bond acceptors (Lipinski definition) is 4. The number of nitrogens with zero attached hydrogens (tertiary/aromatic N) is 1. The third kappa shape index (κ3) is 2.77. The molecule has 1 saturated heterocycles. The maximum atomic E-state index is 12.6. The van der Waals surface area contributed by atoms with Crippen LogP contribution in [-0.2, 0) is 10.0 Å². The molecule has 0 saturated carbocycles. The Hall–Kier alpha value is -0.430. The van der Waals surface area contributed by atoms with Crippen LogP contribution in [0.4, 0.5) is 0 Å². The predicted molar refractivity (Wildman–Crippen MR) is 74.3 cm³/mol. The standard InChI is InChI=1S/C12H20N2O2S2/c1-10(2)11-9-13-6-4-7-14(11)18(15,16)12-5-3-8-17-12/h3,5,8,10-11,13H,4,6-7,9H2,1-2H3. The zero-order chi connectivity index (χ0) is 13.2. The van der Waals surface area contributed by atoms with E-state index in [2.05, 4.69) is 19.2 Å². The topological polar surface area (TPSA) is 49.4 Å². The molecule has 1 aliphatic heterocycles. The number of nitrogens with one attached hydrogen (secondary N) is 1. The van der Waals surface area contributed by atoms with E-state index in [9.17, 15) is 8.42 Å². The van der Waals surface area contributed by atoms with Crippen molar-refractivity contribution in [2.45, 2.75) is 30.5 Å². The fraction of sp³-hybridized carbons (Fsp3) is 0.667. The Morgan fingerprint density at radius 3 is 2.89 bits per heavy atom. The van der Waals surface area contributed by atoms with E-state index in [1.54, 1.807) is 16.4 Å². The average molecular weight is 288 g/mol. The summed E-state index contributed by atoms with van der Waals surface area (Å²) in [7, 11) is -3.32. The van der Waals surface area contributed by atoms with Crippen molar-refractivity contribution in [1.82, 2.24) is 9.62 Å². The predicted octanol–water partition coefficient (Wildman–Crippen LogP) is 1.76. The zero-order valence-corrected chi connectivity index (χ0v) is 12.4. The highest BCUT2D eigenvalue weighted by atomic mass is 32.2. The van der Waals surface area contributed by atoms with E-state index in [1.807, 2.05) is 5.38 Å². The van der Waals surface area contributed by atoms with Crippen LogP contribution in [0, 0.1) is 5.92 Å². The van der Waals surface area contributed by atoms with Gasteiger partial charge in [-0.1, -0.05) is 19.9 Å². The molecule has 1 aromatic heterocycles. The smallest absolute Gasteiger partial charge is 0.252 e. The van der Waals surface area contributed by atoms with E-state index in [1.165, 1.54) is 11.3 Å². The summed E-state index contributed by atoms with van der Waals surface area (Å²) in [6, 6.07) is 3.52. The van der Waals surface area contributed by atoms with Crippen LogP contribution in [0.1, 0.15) is 20.3 Å². The fourth-order valence-corrected chi connectivity index (χ4v) is 5.18. The van der Waals surface area contributed by atoms with E-state index in [-0.39, 0.29) is 6.04 Å². The maximum Gasteiger partial charge on any atom is 0.252 e. The second-order valence-electron chi connectivity index (χ2n) is 4.92. The molecular formula is C12H20N2O2S2. The Kier molecular flexibility index (Phi) is 4.42. The zero-order valence-electron chi connectivity index (χ0n) is 10.8. The molecule has 0 spiro atoms. The molecule has 2 rings (SSSR count). The molecule has 1 aliphatic rings. The molecule has 0 aromatic carbocycles. The Morgan fingerprint density at radius 1 is 1.50 bits per heavy atom. The lowest BCUT2D eigenvalue weighted by molar-refractivity contribution is 0.271. The van der Waals surface area contributed by atoms with Crippen LogP contribution < -0.4 is 5.32 Å². The summed E-state index contributed by atoms with van der Waals surface area (Å²) in [4.78, 5) is 0. The molecule has 6 heteroatoms. The second-order valence-corrected chi connectivity index (χ2v) is 7.98. The van der Waals surface area contributed by atoms with Crippen molar-refractivity contribution in [3.63, 3.8) is 0 Å². The summed E-state index contributed by atoms with van der Waals surface area (Å²) < 4.78 is 27.4. The third-order valence-corrected chi connectivity index (χ3v) is 6.58. The molecule has 102 valence electrons. The average Bonchev–Trinajstić information content (AvgIpc) is 2.73. The van der Waals surface area contributed by atoms with Gasteiger partial charge in [-0.25, -0.2) is 8.42 Å². The van der Waals surface area contributed by atoms with Gasteiger partial charge >= 0.3 is 0 Å². The molecule has 0 amide bonds. The Labute approximate surface area is 113 Å². The molecule has 1 atom stereocenters. The van der Waals surface area contributed by atoms with Gasteiger partial charge in [0.15, 0.2) is 0 Å². The first-order chi connectivity index (χ1) is 8.53. The second kappa shape index (κ2) is 5.69. The highest BCUT2D eigenvalue weighted by molar-refractivity contribution is 7.91. The van der Waals surface area contributed by atoms with Crippen LogP contribution in [0.25, 0.3) is 0 Å². The SMILES string of the molecule is CC(C)C1CNCCCN1S(=O)(=O)c1cccs1. The highest BCUT2D eigenvalue weighted by Gasteiger charge is 2.34. The van der Waals surface area contributed by atoms with Gasteiger partial charge in [-0.2, -0.15) is 4.31 Å². The summed E-state index contributed by atoms with van der Waals surface area (Å²) in [5, 5.41) is 5.14. The molecule has 18 heavy (non-hydrogen) atoms. The van der Waals surface area contributed by atoms with E-state index < -0.39 is 10.0 Å². The van der Waals surface area contributed by atoms with Gasteiger partial charge < -0.3 is 5.32 Å². The third-order valence-electron chi connectivity index (χ3n) is 3.28. The number of thiophene rings is 1. The molecule has 4 nitrogen and oxygen atoms in total. The summed E-state index contributed by atoms with van der Waals surface area (Å²) in [6.45, 7) is 6.39. The van der Waals surface area contributed by atoms with Crippen molar-refractivity contribution in [2.24, 2.45) is 5.92 Å². The van der Waals surface area contributed by atoms with Crippen molar-refractivity contribution in [2.75, 3.05) is 19.6 Å². The van der Waals surface area contributed by atoms with Gasteiger partial charge in [-0.15, -0.1) is 11.3 Å². The van der Waals surface area contributed by atoms with E-state index >= 15 is 0 Å². The molecular weight excluding hydrogens is 268 g/mol. The van der Waals surface area contributed by atoms with Gasteiger partial charge in [0.25, 0.3) is 10.0 Å². The molecule has 0 bridgehead atoms. The lowest BCUT2D eigenvalue weighted by atomic mass is 10.1. The van der Waals surface area contributed by atoms with Gasteiger partial charge in [0.1, 0.15) is 4.21 Å². The number of rotatable bonds is 3. The minimum Gasteiger partial charge on any atom is -0.315 e. The molecule has 0 radical (unpaired) electrons. The lowest BCUT2D eigenvalue weighted by Gasteiger charge is -2.31. The van der Waals surface area contributed by atoms with Gasteiger partial charge in [0, 0.05) is 19.1 Å². The fourth-order valence-electron chi connectivity index (χ4n) is 2.27. The molecule has 1 fully saturated rings. The number of sulfonamides is 1. The molecule has 1 unspecified atom stereocenters. The Balaban J connectivity index is 2.33. The van der Waals surface area contributed by atoms with E-state index in [0.29, 0.717) is 16.7 Å². The Morgan fingerprint density at radius 2 is 2.28 bits per heavy atom. The monoisotopic (exact) mass is 288 g/mol. The van der Waals surface area contributed by atoms with Crippen LogP contribution in [0.3, 0.4) is 0 Å². The van der Waals surface area contributed by atoms with E-state index in [0.717, 1.165) is 19.5 Å². The van der Waals surface area contributed by atoms with Gasteiger partial charge in [0.2, 0.25) is 0 Å². The largest absolute Gasteiger partial charge is 0.315 e. The normalized spacial score (nSPS) is 23.2. The summed E-state index contributed by atoms with van der Waals surface area (Å²) >= 11 is 1.29. The van der Waals surface area contributed by atoms with Gasteiger partial charge in [0.05, 0.1) is 0 Å². The summed E-state index contributed by atoms with van der Waals surface area (Å²) in [5.41, 5.74) is 0. The highest BCUT2D eigenvalue weighted by Crippen LogP contribution is 2.26. The molecule has 0 aliphatic carbocycles. The maximum absolute atomic E-state index is 12.6. The lowest BCUT2D eigenvalue weighted by Crippen LogP contribution is -2.46. The Bertz CT molecular complexity index is 468. The van der Waals surface area contributed by atoms with Gasteiger partial charge in [-0.05, 0) is 30.3 Å². The van der Waals surface area contributed by atoms with Crippen molar-refractivity contribution < 1.29 is 8.42 Å². The minimum atomic E-state index is -3.32. The minimum absolute atomic E-state index is 0.0413. The number of hydrogen-bond donors (Lipinski definition) is 1. The van der Waals surface area contributed by atoms with Crippen molar-refractivity contribution in [3.8, 4) is 0 Å². The van der Waals surface area contributed by atoms with Crippen molar-refractivity contribution >= 4 is 21.4 Å². The van der Waals surface area contributed by atoms with Crippen molar-refractivity contribution in [3.05, 3.63) is 17.5 Å². The molecule has 1 aromatic rings. The van der Waals surface area contributed by atoms with Crippen LogP contribution in [-0.4, -0.2) is 38.4 Å². The quantitative estimate of drug-likeness (QED) is 0.922.